The Labute approximate surface area is 135 Å². The molecule has 11 nitrogen and oxygen atoms in total. The summed E-state index contributed by atoms with van der Waals surface area (Å²) >= 11 is 0. The Bertz CT molecular complexity index is 675. The predicted molar refractivity (Wildman–Crippen MR) is 77.0 cm³/mol. The van der Waals surface area contributed by atoms with Gasteiger partial charge in [-0.15, -0.1) is 0 Å². The number of rotatable bonds is 6. The summed E-state index contributed by atoms with van der Waals surface area (Å²) in [6, 6.07) is 1.26. The van der Waals surface area contributed by atoms with Crippen molar-refractivity contribution in [3.05, 3.63) is 22.7 Å². The molecule has 4 atom stereocenters. The molecule has 1 aliphatic heterocycles. The van der Waals surface area contributed by atoms with E-state index < -0.39 is 48.7 Å². The molecule has 1 aliphatic rings. The smallest absolute Gasteiger partial charge is 0.351 e. The van der Waals surface area contributed by atoms with E-state index in [1.165, 1.54) is 12.3 Å². The predicted octanol–water partition coefficient (Wildman–Crippen LogP) is -2.34. The fraction of sp³-hybridized carbons (Fsp3) is 0.538. The standard InChI is InChI=1S/C13H17N3O8/c17-5-6-10(21)11(22)12(24-6)16-4-3-7(15-13(16)23)14-8(18)1-2-9(19)20/h3-4,6,10-12,17,21-22H,1-2,5H2,(H,19,20)(H,14,15,18,23)/t6-,10-,11+,12-/m1/s1. The summed E-state index contributed by atoms with van der Waals surface area (Å²) in [6.45, 7) is -0.533. The molecule has 11 heteroatoms. The lowest BCUT2D eigenvalue weighted by Crippen LogP contribution is -2.36. The first-order valence-corrected chi connectivity index (χ1v) is 7.06. The normalized spacial score (nSPS) is 26.3. The third-order valence-corrected chi connectivity index (χ3v) is 3.45. The summed E-state index contributed by atoms with van der Waals surface area (Å²) in [7, 11) is 0. The van der Waals surface area contributed by atoms with Gasteiger partial charge in [0.05, 0.1) is 13.0 Å². The van der Waals surface area contributed by atoms with Crippen LogP contribution in [0.2, 0.25) is 0 Å². The molecule has 1 amide bonds. The van der Waals surface area contributed by atoms with Crippen molar-refractivity contribution in [3.63, 3.8) is 0 Å². The number of aliphatic hydroxyl groups is 3. The number of ether oxygens (including phenoxy) is 1. The zero-order valence-electron chi connectivity index (χ0n) is 12.4. The van der Waals surface area contributed by atoms with Crippen LogP contribution in [-0.2, 0) is 14.3 Å². The molecule has 0 spiro atoms. The molecule has 0 aromatic carbocycles. The molecule has 0 aliphatic carbocycles. The van der Waals surface area contributed by atoms with Gasteiger partial charge in [-0.25, -0.2) is 4.79 Å². The number of aromatic nitrogens is 2. The van der Waals surface area contributed by atoms with Crippen LogP contribution in [0.1, 0.15) is 19.1 Å². The van der Waals surface area contributed by atoms with Gasteiger partial charge in [0.25, 0.3) is 0 Å². The first-order chi connectivity index (χ1) is 11.3. The highest BCUT2D eigenvalue weighted by Crippen LogP contribution is 2.28. The summed E-state index contributed by atoms with van der Waals surface area (Å²) in [5.74, 6) is -1.83. The Balaban J connectivity index is 2.09. The Hall–Kier alpha value is -2.34. The van der Waals surface area contributed by atoms with Crippen LogP contribution in [0.4, 0.5) is 5.82 Å². The van der Waals surface area contributed by atoms with E-state index in [0.29, 0.717) is 0 Å². The molecule has 132 valence electrons. The van der Waals surface area contributed by atoms with Crippen molar-refractivity contribution in [2.24, 2.45) is 0 Å². The number of carbonyl (C=O) groups excluding carboxylic acids is 1. The number of amides is 1. The summed E-state index contributed by atoms with van der Waals surface area (Å²) in [4.78, 5) is 37.5. The maximum atomic E-state index is 12.0. The van der Waals surface area contributed by atoms with Gasteiger partial charge in [-0.3, -0.25) is 14.2 Å². The van der Waals surface area contributed by atoms with Crippen molar-refractivity contribution in [1.29, 1.82) is 0 Å². The Kier molecular flexibility index (Phi) is 5.62. The summed E-state index contributed by atoms with van der Waals surface area (Å²) in [5.41, 5.74) is -0.860. The second kappa shape index (κ2) is 7.49. The minimum atomic E-state index is -1.43. The number of carbonyl (C=O) groups is 2. The van der Waals surface area contributed by atoms with E-state index in [9.17, 15) is 24.6 Å². The summed E-state index contributed by atoms with van der Waals surface area (Å²) in [6.07, 6.45) is -4.48. The maximum Gasteiger partial charge on any atom is 0.351 e. The number of aliphatic hydroxyl groups excluding tert-OH is 3. The molecular weight excluding hydrogens is 326 g/mol. The monoisotopic (exact) mass is 343 g/mol. The maximum absolute atomic E-state index is 12.0. The van der Waals surface area contributed by atoms with E-state index >= 15 is 0 Å². The average Bonchev–Trinajstić information content (AvgIpc) is 2.81. The lowest BCUT2D eigenvalue weighted by Gasteiger charge is -2.17. The largest absolute Gasteiger partial charge is 0.481 e. The quantitative estimate of drug-likeness (QED) is 0.379. The Morgan fingerprint density at radius 3 is 2.54 bits per heavy atom. The lowest BCUT2D eigenvalue weighted by atomic mass is 10.1. The van der Waals surface area contributed by atoms with E-state index in [-0.39, 0.29) is 18.7 Å². The second-order valence-corrected chi connectivity index (χ2v) is 5.17. The average molecular weight is 343 g/mol. The molecule has 2 rings (SSSR count). The van der Waals surface area contributed by atoms with Crippen LogP contribution in [0.25, 0.3) is 0 Å². The number of carboxylic acids is 1. The van der Waals surface area contributed by atoms with Gasteiger partial charge in [0.15, 0.2) is 6.23 Å². The number of aliphatic carboxylic acids is 1. The molecule has 1 fully saturated rings. The molecule has 24 heavy (non-hydrogen) atoms. The number of hydrogen-bond acceptors (Lipinski definition) is 8. The van der Waals surface area contributed by atoms with Crippen molar-refractivity contribution >= 4 is 17.7 Å². The molecule has 2 heterocycles. The third-order valence-electron chi connectivity index (χ3n) is 3.45. The fourth-order valence-corrected chi connectivity index (χ4v) is 2.21. The first-order valence-electron chi connectivity index (χ1n) is 7.06. The van der Waals surface area contributed by atoms with Crippen molar-refractivity contribution in [2.45, 2.75) is 37.4 Å². The van der Waals surface area contributed by atoms with E-state index in [1.807, 2.05) is 0 Å². The van der Waals surface area contributed by atoms with Gasteiger partial charge in [-0.05, 0) is 6.07 Å². The lowest BCUT2D eigenvalue weighted by molar-refractivity contribution is -0.138. The molecule has 1 aromatic rings. The van der Waals surface area contributed by atoms with E-state index in [0.717, 1.165) is 4.57 Å². The molecule has 1 saturated heterocycles. The zero-order valence-corrected chi connectivity index (χ0v) is 12.4. The molecule has 0 saturated carbocycles. The van der Waals surface area contributed by atoms with Gasteiger partial charge in [-0.1, -0.05) is 0 Å². The highest BCUT2D eigenvalue weighted by atomic mass is 16.6. The van der Waals surface area contributed by atoms with Gasteiger partial charge in [-0.2, -0.15) is 4.98 Å². The number of anilines is 1. The zero-order chi connectivity index (χ0) is 17.9. The molecule has 1 aromatic heterocycles. The van der Waals surface area contributed by atoms with Crippen LogP contribution in [0, 0.1) is 0 Å². The van der Waals surface area contributed by atoms with Crippen molar-refractivity contribution in [2.75, 3.05) is 11.9 Å². The minimum absolute atomic E-state index is 0.0848. The molecule has 0 radical (unpaired) electrons. The van der Waals surface area contributed by atoms with E-state index in [1.54, 1.807) is 0 Å². The van der Waals surface area contributed by atoms with Gasteiger partial charge < -0.3 is 30.5 Å². The van der Waals surface area contributed by atoms with Crippen molar-refractivity contribution in [1.82, 2.24) is 9.55 Å². The minimum Gasteiger partial charge on any atom is -0.481 e. The molecule has 5 N–H and O–H groups in total. The number of hydrogen-bond donors (Lipinski definition) is 5. The van der Waals surface area contributed by atoms with Crippen LogP contribution in [0.5, 0.6) is 0 Å². The highest BCUT2D eigenvalue weighted by Gasteiger charge is 2.43. The first kappa shape index (κ1) is 18.0. The van der Waals surface area contributed by atoms with Crippen molar-refractivity contribution in [3.8, 4) is 0 Å². The SMILES string of the molecule is O=C(O)CCC(=O)Nc1ccn([C@@H]2O[C@H](CO)[C@@H](O)[C@@H]2O)c(=O)n1. The second-order valence-electron chi connectivity index (χ2n) is 5.17. The topological polar surface area (TPSA) is 171 Å². The van der Waals surface area contributed by atoms with E-state index in [2.05, 4.69) is 10.3 Å². The van der Waals surface area contributed by atoms with Gasteiger partial charge in [0.2, 0.25) is 5.91 Å². The van der Waals surface area contributed by atoms with Crippen LogP contribution in [0.15, 0.2) is 17.1 Å². The molecule has 0 unspecified atom stereocenters. The third kappa shape index (κ3) is 3.94. The Morgan fingerprint density at radius 2 is 2.00 bits per heavy atom. The van der Waals surface area contributed by atoms with E-state index in [4.69, 9.17) is 14.9 Å². The Morgan fingerprint density at radius 1 is 1.29 bits per heavy atom. The number of nitrogens with one attached hydrogen (secondary N) is 1. The summed E-state index contributed by atoms with van der Waals surface area (Å²) in [5, 5.41) is 39.4. The van der Waals surface area contributed by atoms with Crippen LogP contribution < -0.4 is 11.0 Å². The van der Waals surface area contributed by atoms with Crippen molar-refractivity contribution < 1.29 is 34.8 Å². The number of carboxylic acid groups (broad SMARTS) is 1. The van der Waals surface area contributed by atoms with Crippen LogP contribution >= 0.6 is 0 Å². The van der Waals surface area contributed by atoms with Crippen LogP contribution in [0.3, 0.4) is 0 Å². The van der Waals surface area contributed by atoms with Gasteiger partial charge in [0, 0.05) is 12.6 Å². The van der Waals surface area contributed by atoms with Crippen LogP contribution in [-0.4, -0.2) is 66.8 Å². The number of nitrogens with zero attached hydrogens (tertiary/aromatic N) is 2. The molecule has 0 bridgehead atoms. The van der Waals surface area contributed by atoms with Gasteiger partial charge >= 0.3 is 11.7 Å². The fourth-order valence-electron chi connectivity index (χ4n) is 2.21. The summed E-state index contributed by atoms with van der Waals surface area (Å²) < 4.78 is 6.12. The van der Waals surface area contributed by atoms with Gasteiger partial charge in [0.1, 0.15) is 24.1 Å². The molecular formula is C13H17N3O8. The highest BCUT2D eigenvalue weighted by molar-refractivity contribution is 5.91.